The fourth-order valence-electron chi connectivity index (χ4n) is 5.31. The van der Waals surface area contributed by atoms with Crippen molar-refractivity contribution in [2.75, 3.05) is 11.6 Å². The average Bonchev–Trinajstić information content (AvgIpc) is 3.39. The molecule has 1 aromatic rings. The molecule has 6 atom stereocenters. The van der Waals surface area contributed by atoms with Gasteiger partial charge in [0.25, 0.3) is 0 Å². The zero-order valence-electron chi connectivity index (χ0n) is 14.3. The number of amides is 3. The summed E-state index contributed by atoms with van der Waals surface area (Å²) < 4.78 is 0. The van der Waals surface area contributed by atoms with E-state index in [4.69, 9.17) is 11.6 Å². The quantitative estimate of drug-likeness (QED) is 0.607. The Kier molecular flexibility index (Phi) is 3.35. The van der Waals surface area contributed by atoms with Gasteiger partial charge in [0.2, 0.25) is 17.7 Å². The van der Waals surface area contributed by atoms with Crippen LogP contribution >= 0.6 is 11.6 Å². The second-order valence-corrected chi connectivity index (χ2v) is 8.26. The van der Waals surface area contributed by atoms with Crippen LogP contribution in [0.2, 0.25) is 5.02 Å². The molecule has 2 saturated carbocycles. The molecule has 0 aromatic heterocycles. The van der Waals surface area contributed by atoms with Crippen LogP contribution in [0.5, 0.6) is 0 Å². The largest absolute Gasteiger partial charge is 0.294 e. The lowest BCUT2D eigenvalue weighted by Gasteiger charge is -2.37. The number of anilines is 1. The second-order valence-electron chi connectivity index (χ2n) is 7.83. The minimum absolute atomic E-state index is 0.0465. The number of rotatable bonds is 3. The number of nitrogens with zero attached hydrogens (tertiary/aromatic N) is 2. The molecule has 26 heavy (non-hydrogen) atoms. The van der Waals surface area contributed by atoms with Gasteiger partial charge in [0, 0.05) is 17.6 Å². The van der Waals surface area contributed by atoms with Crippen LogP contribution in [0, 0.1) is 35.5 Å². The van der Waals surface area contributed by atoms with E-state index in [1.165, 1.54) is 16.7 Å². The van der Waals surface area contributed by atoms with Gasteiger partial charge in [-0.3, -0.25) is 24.2 Å². The number of halogens is 1. The van der Waals surface area contributed by atoms with Gasteiger partial charge in [-0.15, -0.1) is 0 Å². The standard InChI is InChI=1S/C20H19ClN2O3/c1-10(24)22(12-4-2-3-11(21)7-12)9-23-19(25)17-13-5-6-14(16-8-15(13)16)18(17)20(23)26/h2-7,13-18H,8-9H2,1H3/t13-,14-,15-,16-,17+,18+/m0/s1. The highest BCUT2D eigenvalue weighted by Gasteiger charge is 2.67. The van der Waals surface area contributed by atoms with Crippen molar-refractivity contribution in [3.05, 3.63) is 41.4 Å². The number of hydrogen-bond donors (Lipinski definition) is 0. The van der Waals surface area contributed by atoms with Crippen molar-refractivity contribution in [2.45, 2.75) is 13.3 Å². The van der Waals surface area contributed by atoms with E-state index in [1.54, 1.807) is 24.3 Å². The maximum atomic E-state index is 13.1. The summed E-state index contributed by atoms with van der Waals surface area (Å²) in [5, 5.41) is 0.504. The fraction of sp³-hybridized carbons (Fsp3) is 0.450. The van der Waals surface area contributed by atoms with E-state index in [9.17, 15) is 14.4 Å². The fourth-order valence-corrected chi connectivity index (χ4v) is 5.49. The normalized spacial score (nSPS) is 36.2. The lowest BCUT2D eigenvalue weighted by Crippen LogP contribution is -2.44. The number of carbonyl (C=O) groups excluding carboxylic acids is 3. The summed E-state index contributed by atoms with van der Waals surface area (Å²) in [5.74, 6) is 0.549. The summed E-state index contributed by atoms with van der Waals surface area (Å²) in [4.78, 5) is 41.1. The highest BCUT2D eigenvalue weighted by Crippen LogP contribution is 2.65. The van der Waals surface area contributed by atoms with Crippen molar-refractivity contribution in [2.24, 2.45) is 35.5 Å². The predicted octanol–water partition coefficient (Wildman–Crippen LogP) is 2.70. The second kappa shape index (κ2) is 5.43. The molecule has 1 saturated heterocycles. The first-order valence-electron chi connectivity index (χ1n) is 9.04. The van der Waals surface area contributed by atoms with Gasteiger partial charge in [0.1, 0.15) is 6.67 Å². The van der Waals surface area contributed by atoms with Crippen molar-refractivity contribution in [1.82, 2.24) is 4.90 Å². The van der Waals surface area contributed by atoms with Crippen molar-refractivity contribution < 1.29 is 14.4 Å². The summed E-state index contributed by atoms with van der Waals surface area (Å²) in [7, 11) is 0. The lowest BCUT2D eigenvalue weighted by molar-refractivity contribution is -0.140. The van der Waals surface area contributed by atoms with Gasteiger partial charge in [0.15, 0.2) is 0 Å². The van der Waals surface area contributed by atoms with E-state index in [1.807, 2.05) is 0 Å². The summed E-state index contributed by atoms with van der Waals surface area (Å²) in [6, 6.07) is 6.89. The molecule has 4 aliphatic carbocycles. The SMILES string of the molecule is CC(=O)N(CN1C(=O)[C@@H]2[C@H]3C=C[C@@H]([C@@H]4C[C@@H]34)[C@H]2C1=O)c1cccc(Cl)c1. The molecule has 0 N–H and O–H groups in total. The van der Waals surface area contributed by atoms with Crippen molar-refractivity contribution in [3.8, 4) is 0 Å². The van der Waals surface area contributed by atoms with Gasteiger partial charge >= 0.3 is 0 Å². The Labute approximate surface area is 156 Å². The number of benzene rings is 1. The van der Waals surface area contributed by atoms with Crippen molar-refractivity contribution in [1.29, 1.82) is 0 Å². The first-order valence-corrected chi connectivity index (χ1v) is 9.42. The van der Waals surface area contributed by atoms with Crippen molar-refractivity contribution in [3.63, 3.8) is 0 Å². The molecule has 3 amide bonds. The maximum absolute atomic E-state index is 13.1. The van der Waals surface area contributed by atoms with Gasteiger partial charge in [-0.25, -0.2) is 0 Å². The summed E-state index contributed by atoms with van der Waals surface area (Å²) in [6.07, 6.45) is 5.43. The van der Waals surface area contributed by atoms with Gasteiger partial charge < -0.3 is 0 Å². The third-order valence-corrected chi connectivity index (χ3v) is 6.77. The Morgan fingerprint density at radius 2 is 1.77 bits per heavy atom. The molecule has 0 radical (unpaired) electrons. The van der Waals surface area contributed by atoms with Crippen LogP contribution in [0.3, 0.4) is 0 Å². The van der Waals surface area contributed by atoms with Gasteiger partial charge in [-0.05, 0) is 48.3 Å². The number of imide groups is 1. The van der Waals surface area contributed by atoms with Crippen LogP contribution < -0.4 is 4.90 Å². The van der Waals surface area contributed by atoms with E-state index in [2.05, 4.69) is 12.2 Å². The van der Waals surface area contributed by atoms with Crippen LogP contribution in [0.4, 0.5) is 5.69 Å². The predicted molar refractivity (Wildman–Crippen MR) is 96.0 cm³/mol. The van der Waals surface area contributed by atoms with Crippen LogP contribution in [-0.2, 0) is 14.4 Å². The minimum Gasteiger partial charge on any atom is -0.294 e. The minimum atomic E-state index is -0.241. The van der Waals surface area contributed by atoms with E-state index >= 15 is 0 Å². The van der Waals surface area contributed by atoms with Crippen LogP contribution in [0.25, 0.3) is 0 Å². The van der Waals surface area contributed by atoms with E-state index < -0.39 is 0 Å². The van der Waals surface area contributed by atoms with Gasteiger partial charge in [0.05, 0.1) is 11.8 Å². The highest BCUT2D eigenvalue weighted by atomic mass is 35.5. The molecule has 3 fully saturated rings. The number of likely N-dealkylation sites (tertiary alicyclic amines) is 1. The number of hydrogen-bond acceptors (Lipinski definition) is 3. The third-order valence-electron chi connectivity index (χ3n) is 6.54. The van der Waals surface area contributed by atoms with Gasteiger partial charge in [-0.1, -0.05) is 29.8 Å². The zero-order valence-corrected chi connectivity index (χ0v) is 15.1. The summed E-state index contributed by atoms with van der Waals surface area (Å²) in [6.45, 7) is 1.38. The third kappa shape index (κ3) is 2.13. The molecule has 0 unspecified atom stereocenters. The molecule has 6 heteroatoms. The first kappa shape index (κ1) is 16.1. The molecule has 5 aliphatic rings. The molecule has 1 heterocycles. The molecule has 1 aromatic carbocycles. The Bertz CT molecular complexity index is 830. The van der Waals surface area contributed by atoms with Gasteiger partial charge in [-0.2, -0.15) is 0 Å². The molecule has 0 spiro atoms. The van der Waals surface area contributed by atoms with Crippen LogP contribution in [0.15, 0.2) is 36.4 Å². The molecular weight excluding hydrogens is 352 g/mol. The Morgan fingerprint density at radius 3 is 2.31 bits per heavy atom. The number of allylic oxidation sites excluding steroid dienone is 2. The lowest BCUT2D eigenvalue weighted by atomic mass is 9.63. The maximum Gasteiger partial charge on any atom is 0.235 e. The number of carbonyl (C=O) groups is 3. The monoisotopic (exact) mass is 370 g/mol. The first-order chi connectivity index (χ1) is 12.5. The Balaban J connectivity index is 1.45. The van der Waals surface area contributed by atoms with E-state index in [0.717, 1.165) is 6.42 Å². The summed E-state index contributed by atoms with van der Waals surface area (Å²) >= 11 is 6.04. The molecule has 1 aliphatic heterocycles. The topological polar surface area (TPSA) is 57.7 Å². The van der Waals surface area contributed by atoms with E-state index in [-0.39, 0.29) is 48.1 Å². The Morgan fingerprint density at radius 1 is 1.15 bits per heavy atom. The average molecular weight is 371 g/mol. The molecular formula is C20H19ClN2O3. The molecule has 2 bridgehead atoms. The smallest absolute Gasteiger partial charge is 0.235 e. The highest BCUT2D eigenvalue weighted by molar-refractivity contribution is 6.30. The van der Waals surface area contributed by atoms with Crippen molar-refractivity contribution >= 4 is 35.0 Å². The zero-order chi connectivity index (χ0) is 18.2. The summed E-state index contributed by atoms with van der Waals surface area (Å²) in [5.41, 5.74) is 0.587. The van der Waals surface area contributed by atoms with E-state index in [0.29, 0.717) is 22.5 Å². The molecule has 5 nitrogen and oxygen atoms in total. The molecule has 134 valence electrons. The Hall–Kier alpha value is -2.14. The molecule has 6 rings (SSSR count). The van der Waals surface area contributed by atoms with Crippen LogP contribution in [0.1, 0.15) is 13.3 Å². The van der Waals surface area contributed by atoms with Crippen LogP contribution in [-0.4, -0.2) is 29.3 Å².